The molecule has 7 nitrogen and oxygen atoms in total. The number of aromatic nitrogens is 3. The molecule has 148 valence electrons. The predicted molar refractivity (Wildman–Crippen MR) is 114 cm³/mol. The first kappa shape index (κ1) is 18.3. The van der Waals surface area contributed by atoms with E-state index in [1.165, 1.54) is 4.70 Å². The van der Waals surface area contributed by atoms with E-state index in [9.17, 15) is 4.79 Å². The Kier molecular flexibility index (Phi) is 4.99. The molecule has 1 aliphatic heterocycles. The van der Waals surface area contributed by atoms with Gasteiger partial charge in [0.2, 0.25) is 17.7 Å². The first-order valence-electron chi connectivity index (χ1n) is 9.49. The van der Waals surface area contributed by atoms with Crippen molar-refractivity contribution in [3.8, 4) is 11.5 Å². The molecule has 1 aromatic carbocycles. The number of anilines is 1. The lowest BCUT2D eigenvalue weighted by Gasteiger charge is -2.34. The van der Waals surface area contributed by atoms with Crippen molar-refractivity contribution < 1.29 is 9.21 Å². The van der Waals surface area contributed by atoms with E-state index in [0.717, 1.165) is 29.3 Å². The second-order valence-corrected chi connectivity index (χ2v) is 8.63. The number of hydrogen-bond donors (Lipinski definition) is 0. The molecular weight excluding hydrogens is 406 g/mol. The van der Waals surface area contributed by atoms with Gasteiger partial charge in [0.15, 0.2) is 5.13 Å². The highest BCUT2D eigenvalue weighted by atomic mass is 32.1. The molecule has 3 aromatic heterocycles. The fraction of sp³-hybridized carbons (Fsp3) is 0.300. The van der Waals surface area contributed by atoms with E-state index in [1.54, 1.807) is 22.7 Å². The van der Waals surface area contributed by atoms with Crippen LogP contribution in [-0.2, 0) is 11.2 Å². The minimum Gasteiger partial charge on any atom is -0.421 e. The highest BCUT2D eigenvalue weighted by Crippen LogP contribution is 2.29. The van der Waals surface area contributed by atoms with Gasteiger partial charge in [-0.25, -0.2) is 4.98 Å². The molecule has 1 aliphatic rings. The minimum atomic E-state index is 0.129. The molecule has 1 amide bonds. The lowest BCUT2D eigenvalue weighted by atomic mass is 10.2. The van der Waals surface area contributed by atoms with Gasteiger partial charge < -0.3 is 14.2 Å². The van der Waals surface area contributed by atoms with Crippen LogP contribution in [0.4, 0.5) is 5.13 Å². The zero-order valence-corrected chi connectivity index (χ0v) is 17.3. The summed E-state index contributed by atoms with van der Waals surface area (Å²) in [5.41, 5.74) is 1.96. The van der Waals surface area contributed by atoms with E-state index in [4.69, 9.17) is 9.40 Å². The normalized spacial score (nSPS) is 14.6. The molecule has 0 atom stereocenters. The highest BCUT2D eigenvalue weighted by Gasteiger charge is 2.23. The molecule has 5 rings (SSSR count). The largest absolute Gasteiger partial charge is 0.421 e. The first-order valence-corrected chi connectivity index (χ1v) is 11.3. The zero-order valence-electron chi connectivity index (χ0n) is 15.7. The number of thiophene rings is 1. The number of carbonyl (C=O) groups is 1. The van der Waals surface area contributed by atoms with Gasteiger partial charge in [-0.1, -0.05) is 23.5 Å². The van der Waals surface area contributed by atoms with Crippen molar-refractivity contribution >= 4 is 43.9 Å². The van der Waals surface area contributed by atoms with Crippen molar-refractivity contribution in [3.63, 3.8) is 0 Å². The molecule has 29 heavy (non-hydrogen) atoms. The van der Waals surface area contributed by atoms with E-state index in [2.05, 4.69) is 21.2 Å². The maximum absolute atomic E-state index is 12.6. The number of amides is 1. The van der Waals surface area contributed by atoms with Gasteiger partial charge in [0.1, 0.15) is 0 Å². The molecule has 4 aromatic rings. The van der Waals surface area contributed by atoms with Crippen LogP contribution >= 0.6 is 22.7 Å². The van der Waals surface area contributed by atoms with Crippen LogP contribution in [0.3, 0.4) is 0 Å². The van der Waals surface area contributed by atoms with Gasteiger partial charge in [-0.05, 0) is 23.6 Å². The molecule has 1 fully saturated rings. The Bertz CT molecular complexity index is 1080. The standard InChI is InChI=1S/C20H19N5O2S2/c26-18(6-5-17-22-23-19(27-17)14-7-12-28-13-14)24-8-10-25(11-9-24)20-21-15-3-1-2-4-16(15)29-20/h1-4,7,12-13H,5-6,8-11H2. The molecule has 0 spiro atoms. The maximum Gasteiger partial charge on any atom is 0.248 e. The van der Waals surface area contributed by atoms with Gasteiger partial charge in [0.25, 0.3) is 0 Å². The zero-order chi connectivity index (χ0) is 19.6. The number of fused-ring (bicyclic) bond motifs is 1. The monoisotopic (exact) mass is 425 g/mol. The van der Waals surface area contributed by atoms with Crippen molar-refractivity contribution in [1.82, 2.24) is 20.1 Å². The van der Waals surface area contributed by atoms with Gasteiger partial charge in [-0.2, -0.15) is 11.3 Å². The van der Waals surface area contributed by atoms with Crippen LogP contribution in [0.5, 0.6) is 0 Å². The molecule has 4 heterocycles. The van der Waals surface area contributed by atoms with Crippen LogP contribution in [0, 0.1) is 0 Å². The molecule has 1 saturated heterocycles. The summed E-state index contributed by atoms with van der Waals surface area (Å²) in [4.78, 5) is 21.5. The molecule has 0 N–H and O–H groups in total. The van der Waals surface area contributed by atoms with Crippen LogP contribution in [0.25, 0.3) is 21.7 Å². The molecule has 0 bridgehead atoms. The van der Waals surface area contributed by atoms with Crippen molar-refractivity contribution in [2.45, 2.75) is 12.8 Å². The summed E-state index contributed by atoms with van der Waals surface area (Å²) in [6.07, 6.45) is 0.848. The second kappa shape index (κ2) is 7.92. The smallest absolute Gasteiger partial charge is 0.248 e. The summed E-state index contributed by atoms with van der Waals surface area (Å²) in [5, 5.41) is 13.1. The number of rotatable bonds is 5. The maximum atomic E-state index is 12.6. The summed E-state index contributed by atoms with van der Waals surface area (Å²) < 4.78 is 6.86. The van der Waals surface area contributed by atoms with E-state index in [-0.39, 0.29) is 5.91 Å². The second-order valence-electron chi connectivity index (χ2n) is 6.84. The molecular formula is C20H19N5O2S2. The Morgan fingerprint density at radius 2 is 1.97 bits per heavy atom. The number of benzene rings is 1. The van der Waals surface area contributed by atoms with E-state index in [0.29, 0.717) is 37.7 Å². The number of nitrogens with zero attached hydrogens (tertiary/aromatic N) is 5. The third kappa shape index (κ3) is 3.88. The van der Waals surface area contributed by atoms with Gasteiger partial charge in [0, 0.05) is 50.0 Å². The predicted octanol–water partition coefficient (Wildman–Crippen LogP) is 3.69. The van der Waals surface area contributed by atoms with Crippen LogP contribution < -0.4 is 4.90 Å². The van der Waals surface area contributed by atoms with Crippen molar-refractivity contribution in [2.24, 2.45) is 0 Å². The van der Waals surface area contributed by atoms with Gasteiger partial charge >= 0.3 is 0 Å². The lowest BCUT2D eigenvalue weighted by Crippen LogP contribution is -2.48. The number of hydrogen-bond acceptors (Lipinski definition) is 8. The van der Waals surface area contributed by atoms with E-state index in [1.807, 2.05) is 39.9 Å². The first-order chi connectivity index (χ1) is 14.3. The topological polar surface area (TPSA) is 75.4 Å². The Labute approximate surface area is 175 Å². The Morgan fingerprint density at radius 1 is 1.10 bits per heavy atom. The number of thiazole rings is 1. The third-order valence-electron chi connectivity index (χ3n) is 4.97. The van der Waals surface area contributed by atoms with Crippen LogP contribution in [0.15, 0.2) is 45.5 Å². The molecule has 0 unspecified atom stereocenters. The summed E-state index contributed by atoms with van der Waals surface area (Å²) >= 11 is 3.29. The molecule has 0 radical (unpaired) electrons. The Balaban J connectivity index is 1.14. The van der Waals surface area contributed by atoms with Gasteiger partial charge in [0.05, 0.1) is 10.2 Å². The minimum absolute atomic E-state index is 0.129. The molecule has 0 saturated carbocycles. The summed E-state index contributed by atoms with van der Waals surface area (Å²) in [7, 11) is 0. The van der Waals surface area contributed by atoms with Crippen molar-refractivity contribution in [1.29, 1.82) is 0 Å². The van der Waals surface area contributed by atoms with Crippen molar-refractivity contribution in [3.05, 3.63) is 47.0 Å². The number of piperazine rings is 1. The lowest BCUT2D eigenvalue weighted by molar-refractivity contribution is -0.131. The van der Waals surface area contributed by atoms with Crippen LogP contribution in [-0.4, -0.2) is 52.2 Å². The highest BCUT2D eigenvalue weighted by molar-refractivity contribution is 7.22. The van der Waals surface area contributed by atoms with Gasteiger partial charge in [-0.3, -0.25) is 4.79 Å². The number of carbonyl (C=O) groups excluding carboxylic acids is 1. The molecule has 0 aliphatic carbocycles. The average Bonchev–Trinajstić information content (AvgIpc) is 3.52. The summed E-state index contributed by atoms with van der Waals surface area (Å²) in [6, 6.07) is 10.1. The summed E-state index contributed by atoms with van der Waals surface area (Å²) in [5.74, 6) is 1.15. The van der Waals surface area contributed by atoms with Crippen molar-refractivity contribution in [2.75, 3.05) is 31.1 Å². The SMILES string of the molecule is O=C(CCc1nnc(-c2ccsc2)o1)N1CCN(c2nc3ccccc3s2)CC1. The van der Waals surface area contributed by atoms with Gasteiger partial charge in [-0.15, -0.1) is 10.2 Å². The fourth-order valence-corrected chi connectivity index (χ4v) is 5.02. The van der Waals surface area contributed by atoms with E-state index >= 15 is 0 Å². The Morgan fingerprint density at radius 3 is 2.76 bits per heavy atom. The fourth-order valence-electron chi connectivity index (χ4n) is 3.37. The molecule has 9 heteroatoms. The summed E-state index contributed by atoms with van der Waals surface area (Å²) in [6.45, 7) is 3.01. The number of aryl methyl sites for hydroxylation is 1. The quantitative estimate of drug-likeness (QED) is 0.485. The third-order valence-corrected chi connectivity index (χ3v) is 6.75. The number of para-hydroxylation sites is 1. The Hall–Kier alpha value is -2.78. The van der Waals surface area contributed by atoms with Crippen LogP contribution in [0.1, 0.15) is 12.3 Å². The van der Waals surface area contributed by atoms with Crippen LogP contribution in [0.2, 0.25) is 0 Å². The van der Waals surface area contributed by atoms with E-state index < -0.39 is 0 Å². The average molecular weight is 426 g/mol.